The fourth-order valence-electron chi connectivity index (χ4n) is 2.85. The summed E-state index contributed by atoms with van der Waals surface area (Å²) in [6.45, 7) is 4.86. The Morgan fingerprint density at radius 3 is 1.97 bits per heavy atom. The Hall–Kier alpha value is -3.47. The van der Waals surface area contributed by atoms with Gasteiger partial charge < -0.3 is 32.5 Å². The SMILES string of the molecule is CC(NC(=O)C(CCC(N)=O)NC(=O)C(N)C(C)C)C(=O)NC(Cc1ccccc1)C(=O)O. The average Bonchev–Trinajstić information content (AvgIpc) is 2.75. The Bertz CT molecular complexity index is 845. The van der Waals surface area contributed by atoms with E-state index in [1.165, 1.54) is 6.92 Å². The van der Waals surface area contributed by atoms with Crippen molar-refractivity contribution in [1.29, 1.82) is 0 Å². The van der Waals surface area contributed by atoms with Gasteiger partial charge in [0, 0.05) is 12.8 Å². The van der Waals surface area contributed by atoms with Gasteiger partial charge in [0.2, 0.25) is 23.6 Å². The Labute approximate surface area is 192 Å². The highest BCUT2D eigenvalue weighted by atomic mass is 16.4. The molecule has 0 aliphatic carbocycles. The van der Waals surface area contributed by atoms with E-state index in [-0.39, 0.29) is 25.2 Å². The molecule has 4 unspecified atom stereocenters. The highest BCUT2D eigenvalue weighted by Crippen LogP contribution is 2.05. The Morgan fingerprint density at radius 1 is 0.879 bits per heavy atom. The number of aliphatic carboxylic acids is 1. The van der Waals surface area contributed by atoms with Crippen LogP contribution in [-0.2, 0) is 30.4 Å². The van der Waals surface area contributed by atoms with Gasteiger partial charge in [-0.05, 0) is 24.8 Å². The Balaban J connectivity index is 2.81. The van der Waals surface area contributed by atoms with E-state index in [1.807, 2.05) is 0 Å². The summed E-state index contributed by atoms with van der Waals surface area (Å²) in [5.74, 6) is -4.09. The van der Waals surface area contributed by atoms with E-state index in [2.05, 4.69) is 16.0 Å². The van der Waals surface area contributed by atoms with E-state index in [1.54, 1.807) is 44.2 Å². The van der Waals surface area contributed by atoms with Gasteiger partial charge in [-0.1, -0.05) is 44.2 Å². The van der Waals surface area contributed by atoms with Gasteiger partial charge in [0.05, 0.1) is 6.04 Å². The minimum Gasteiger partial charge on any atom is -0.480 e. The van der Waals surface area contributed by atoms with Crippen LogP contribution in [0.15, 0.2) is 30.3 Å². The lowest BCUT2D eigenvalue weighted by atomic mass is 10.0. The molecule has 1 aromatic carbocycles. The van der Waals surface area contributed by atoms with Crippen molar-refractivity contribution in [2.45, 2.75) is 64.2 Å². The van der Waals surface area contributed by atoms with Crippen LogP contribution in [0.4, 0.5) is 0 Å². The topological polar surface area (TPSA) is 194 Å². The van der Waals surface area contributed by atoms with Crippen molar-refractivity contribution in [2.24, 2.45) is 17.4 Å². The number of carbonyl (C=O) groups is 5. The quantitative estimate of drug-likeness (QED) is 0.217. The molecule has 0 saturated heterocycles. The highest BCUT2D eigenvalue weighted by molar-refractivity contribution is 5.94. The molecule has 4 amide bonds. The van der Waals surface area contributed by atoms with E-state index < -0.39 is 53.8 Å². The number of benzene rings is 1. The molecule has 0 radical (unpaired) electrons. The zero-order valence-electron chi connectivity index (χ0n) is 19.0. The van der Waals surface area contributed by atoms with Crippen molar-refractivity contribution >= 4 is 29.6 Å². The van der Waals surface area contributed by atoms with Gasteiger partial charge in [0.15, 0.2) is 0 Å². The number of nitrogens with one attached hydrogen (secondary N) is 3. The summed E-state index contributed by atoms with van der Waals surface area (Å²) in [6, 6.07) is 4.44. The third kappa shape index (κ3) is 9.69. The van der Waals surface area contributed by atoms with E-state index in [4.69, 9.17) is 11.5 Å². The molecule has 0 aromatic heterocycles. The van der Waals surface area contributed by atoms with Gasteiger partial charge in [-0.25, -0.2) is 4.79 Å². The van der Waals surface area contributed by atoms with Gasteiger partial charge in [0.1, 0.15) is 18.1 Å². The first-order chi connectivity index (χ1) is 15.4. The van der Waals surface area contributed by atoms with Crippen molar-refractivity contribution in [3.05, 3.63) is 35.9 Å². The summed E-state index contributed by atoms with van der Waals surface area (Å²) in [7, 11) is 0. The maximum Gasteiger partial charge on any atom is 0.326 e. The highest BCUT2D eigenvalue weighted by Gasteiger charge is 2.29. The smallest absolute Gasteiger partial charge is 0.326 e. The molecular formula is C22H33N5O6. The molecule has 0 bridgehead atoms. The monoisotopic (exact) mass is 463 g/mol. The minimum atomic E-state index is -1.22. The summed E-state index contributed by atoms with van der Waals surface area (Å²) < 4.78 is 0. The fourth-order valence-corrected chi connectivity index (χ4v) is 2.85. The van der Waals surface area contributed by atoms with Gasteiger partial charge >= 0.3 is 5.97 Å². The van der Waals surface area contributed by atoms with Crippen LogP contribution in [0.2, 0.25) is 0 Å². The minimum absolute atomic E-state index is 0.0625. The molecule has 0 fully saturated rings. The van der Waals surface area contributed by atoms with Crippen LogP contribution < -0.4 is 27.4 Å². The molecule has 0 aliphatic rings. The van der Waals surface area contributed by atoms with Crippen LogP contribution in [0.3, 0.4) is 0 Å². The second-order valence-electron chi connectivity index (χ2n) is 8.16. The summed E-state index contributed by atoms with van der Waals surface area (Å²) in [5, 5.41) is 16.8. The molecule has 4 atom stereocenters. The zero-order valence-corrected chi connectivity index (χ0v) is 19.0. The number of hydrogen-bond acceptors (Lipinski definition) is 6. The second kappa shape index (κ2) is 13.2. The van der Waals surface area contributed by atoms with Crippen LogP contribution in [0, 0.1) is 5.92 Å². The maximum absolute atomic E-state index is 12.7. The number of rotatable bonds is 13. The molecule has 11 heteroatoms. The van der Waals surface area contributed by atoms with E-state index in [9.17, 15) is 29.1 Å². The van der Waals surface area contributed by atoms with Crippen molar-refractivity contribution in [1.82, 2.24) is 16.0 Å². The third-order valence-electron chi connectivity index (χ3n) is 4.98. The molecule has 0 spiro atoms. The number of carboxylic acids is 1. The number of carboxylic acid groups (broad SMARTS) is 1. The number of nitrogens with two attached hydrogens (primary N) is 2. The molecule has 1 rings (SSSR count). The van der Waals surface area contributed by atoms with E-state index in [0.717, 1.165) is 5.56 Å². The van der Waals surface area contributed by atoms with Crippen LogP contribution in [0.25, 0.3) is 0 Å². The van der Waals surface area contributed by atoms with Crippen LogP contribution in [0.5, 0.6) is 0 Å². The molecule has 0 aliphatic heterocycles. The molecule has 11 nitrogen and oxygen atoms in total. The number of carbonyl (C=O) groups excluding carboxylic acids is 4. The van der Waals surface area contributed by atoms with Crippen LogP contribution in [0.1, 0.15) is 39.2 Å². The van der Waals surface area contributed by atoms with Crippen molar-refractivity contribution in [3.8, 4) is 0 Å². The van der Waals surface area contributed by atoms with Crippen molar-refractivity contribution < 1.29 is 29.1 Å². The first-order valence-corrected chi connectivity index (χ1v) is 10.6. The zero-order chi connectivity index (χ0) is 25.1. The lowest BCUT2D eigenvalue weighted by molar-refractivity contribution is -0.142. The number of amides is 4. The predicted octanol–water partition coefficient (Wildman–Crippen LogP) is -0.963. The Morgan fingerprint density at radius 2 is 1.45 bits per heavy atom. The van der Waals surface area contributed by atoms with Crippen LogP contribution >= 0.6 is 0 Å². The van der Waals surface area contributed by atoms with Crippen molar-refractivity contribution in [3.63, 3.8) is 0 Å². The standard InChI is InChI=1S/C22H33N5O6/c1-12(2)18(24)21(31)26-15(9-10-17(23)28)20(30)25-13(3)19(29)27-16(22(32)33)11-14-7-5-4-6-8-14/h4-8,12-13,15-16,18H,9-11,24H2,1-3H3,(H2,23,28)(H,25,30)(H,26,31)(H,27,29)(H,32,33). The fraction of sp³-hybridized carbons (Fsp3) is 0.500. The van der Waals surface area contributed by atoms with Gasteiger partial charge in [-0.15, -0.1) is 0 Å². The largest absolute Gasteiger partial charge is 0.480 e. The first kappa shape index (κ1) is 27.6. The van der Waals surface area contributed by atoms with Crippen molar-refractivity contribution in [2.75, 3.05) is 0 Å². The molecule has 182 valence electrons. The second-order valence-corrected chi connectivity index (χ2v) is 8.16. The molecule has 0 saturated carbocycles. The molecule has 1 aromatic rings. The lowest BCUT2D eigenvalue weighted by Crippen LogP contribution is -2.57. The van der Waals surface area contributed by atoms with E-state index in [0.29, 0.717) is 0 Å². The summed E-state index contributed by atoms with van der Waals surface area (Å²) >= 11 is 0. The third-order valence-corrected chi connectivity index (χ3v) is 4.98. The first-order valence-electron chi connectivity index (χ1n) is 10.6. The molecule has 33 heavy (non-hydrogen) atoms. The van der Waals surface area contributed by atoms with Gasteiger partial charge in [0.25, 0.3) is 0 Å². The van der Waals surface area contributed by atoms with Crippen LogP contribution in [-0.4, -0.2) is 58.9 Å². The molecule has 0 heterocycles. The molecule has 8 N–H and O–H groups in total. The summed E-state index contributed by atoms with van der Waals surface area (Å²) in [4.78, 5) is 60.2. The maximum atomic E-state index is 12.7. The number of primary amides is 1. The predicted molar refractivity (Wildman–Crippen MR) is 120 cm³/mol. The lowest BCUT2D eigenvalue weighted by Gasteiger charge is -2.24. The summed E-state index contributed by atoms with van der Waals surface area (Å²) in [6.07, 6.45) is -0.196. The number of hydrogen-bond donors (Lipinski definition) is 6. The molecular weight excluding hydrogens is 430 g/mol. The normalized spacial score (nSPS) is 14.5. The van der Waals surface area contributed by atoms with Gasteiger partial charge in [-0.3, -0.25) is 19.2 Å². The van der Waals surface area contributed by atoms with Gasteiger partial charge in [-0.2, -0.15) is 0 Å². The Kier molecular flexibility index (Phi) is 11.0. The summed E-state index contributed by atoms with van der Waals surface area (Å²) in [5.41, 5.74) is 11.7. The average molecular weight is 464 g/mol. The van der Waals surface area contributed by atoms with E-state index >= 15 is 0 Å².